The monoisotopic (exact) mass is 426 g/mol. The molecule has 0 radical (unpaired) electrons. The van der Waals surface area contributed by atoms with Gasteiger partial charge in [0.1, 0.15) is 11.4 Å². The van der Waals surface area contributed by atoms with Crippen LogP contribution in [0.3, 0.4) is 0 Å². The van der Waals surface area contributed by atoms with Crippen LogP contribution in [0, 0.1) is 0 Å². The number of hydrogen-bond acceptors (Lipinski definition) is 4. The van der Waals surface area contributed by atoms with Gasteiger partial charge in [-0.2, -0.15) is 0 Å². The maximum atomic E-state index is 12.3. The molecule has 2 N–H and O–H groups in total. The zero-order valence-electron chi connectivity index (χ0n) is 15.6. The molecule has 0 heterocycles. The van der Waals surface area contributed by atoms with Gasteiger partial charge in [-0.15, -0.1) is 0 Å². The van der Waals surface area contributed by atoms with E-state index in [-0.39, 0.29) is 12.5 Å². The Kier molecular flexibility index (Phi) is 6.92. The summed E-state index contributed by atoms with van der Waals surface area (Å²) < 4.78 is 11.7. The van der Waals surface area contributed by atoms with Gasteiger partial charge in [0.2, 0.25) is 0 Å². The Balaban J connectivity index is 1.85. The molecule has 1 saturated carbocycles. The van der Waals surface area contributed by atoms with Gasteiger partial charge in [-0.1, -0.05) is 28.8 Å². The van der Waals surface area contributed by atoms with Gasteiger partial charge >= 0.3 is 6.09 Å². The van der Waals surface area contributed by atoms with Gasteiger partial charge in [0, 0.05) is 11.0 Å². The smallest absolute Gasteiger partial charge is 0.407 e. The zero-order valence-corrected chi connectivity index (χ0v) is 17.1. The Morgan fingerprint density at radius 3 is 2.35 bits per heavy atom. The SMILES string of the molecule is CC(C)(C)OC(=O)NCC1(NC(=O)COc2ccc(Br)cc2)CCCC1. The van der Waals surface area contributed by atoms with Crippen LogP contribution in [0.2, 0.25) is 0 Å². The second-order valence-corrected chi connectivity index (χ2v) is 8.55. The van der Waals surface area contributed by atoms with Crippen molar-refractivity contribution in [3.05, 3.63) is 28.7 Å². The highest BCUT2D eigenvalue weighted by Gasteiger charge is 2.36. The van der Waals surface area contributed by atoms with E-state index in [2.05, 4.69) is 26.6 Å². The lowest BCUT2D eigenvalue weighted by Gasteiger charge is -2.31. The fourth-order valence-corrected chi connectivity index (χ4v) is 3.23. The minimum absolute atomic E-state index is 0.0597. The minimum Gasteiger partial charge on any atom is -0.484 e. The van der Waals surface area contributed by atoms with Crippen LogP contribution in [0.15, 0.2) is 28.7 Å². The molecule has 1 aromatic carbocycles. The largest absolute Gasteiger partial charge is 0.484 e. The van der Waals surface area contributed by atoms with Crippen molar-refractivity contribution in [3.63, 3.8) is 0 Å². The molecule has 0 spiro atoms. The molecular formula is C19H27BrN2O4. The molecule has 2 amide bonds. The van der Waals surface area contributed by atoms with Crippen LogP contribution in [-0.4, -0.2) is 36.3 Å². The van der Waals surface area contributed by atoms with Crippen molar-refractivity contribution in [1.82, 2.24) is 10.6 Å². The van der Waals surface area contributed by atoms with E-state index < -0.39 is 17.2 Å². The first-order valence-corrected chi connectivity index (χ1v) is 9.63. The van der Waals surface area contributed by atoms with Gasteiger partial charge in [0.25, 0.3) is 5.91 Å². The molecule has 2 rings (SSSR count). The number of hydrogen-bond donors (Lipinski definition) is 2. The molecule has 1 fully saturated rings. The molecule has 0 atom stereocenters. The number of alkyl carbamates (subject to hydrolysis) is 1. The average molecular weight is 427 g/mol. The highest BCUT2D eigenvalue weighted by atomic mass is 79.9. The van der Waals surface area contributed by atoms with Crippen molar-refractivity contribution < 1.29 is 19.1 Å². The van der Waals surface area contributed by atoms with Gasteiger partial charge in [0.05, 0.1) is 5.54 Å². The van der Waals surface area contributed by atoms with Gasteiger partial charge in [-0.25, -0.2) is 4.79 Å². The normalized spacial score (nSPS) is 16.0. The number of rotatable bonds is 6. The number of carbonyl (C=O) groups is 2. The molecule has 1 aromatic rings. The molecule has 0 saturated heterocycles. The highest BCUT2D eigenvalue weighted by molar-refractivity contribution is 9.10. The van der Waals surface area contributed by atoms with Crippen LogP contribution >= 0.6 is 15.9 Å². The van der Waals surface area contributed by atoms with Crippen LogP contribution in [0.1, 0.15) is 46.5 Å². The second kappa shape index (κ2) is 8.75. The summed E-state index contributed by atoms with van der Waals surface area (Å²) in [5.41, 5.74) is -0.980. The van der Waals surface area contributed by atoms with Crippen molar-refractivity contribution in [3.8, 4) is 5.75 Å². The summed E-state index contributed by atoms with van der Waals surface area (Å²) >= 11 is 3.36. The van der Waals surface area contributed by atoms with E-state index in [0.29, 0.717) is 12.3 Å². The first kappa shape index (κ1) is 20.6. The highest BCUT2D eigenvalue weighted by Crippen LogP contribution is 2.29. The molecule has 7 heteroatoms. The van der Waals surface area contributed by atoms with Crippen molar-refractivity contribution in [2.24, 2.45) is 0 Å². The summed E-state index contributed by atoms with van der Waals surface area (Å²) in [6.45, 7) is 5.75. The fraction of sp³-hybridized carbons (Fsp3) is 0.579. The van der Waals surface area contributed by atoms with Gasteiger partial charge in [0.15, 0.2) is 6.61 Å². The topological polar surface area (TPSA) is 76.7 Å². The lowest BCUT2D eigenvalue weighted by molar-refractivity contribution is -0.125. The van der Waals surface area contributed by atoms with E-state index >= 15 is 0 Å². The van der Waals surface area contributed by atoms with Gasteiger partial charge < -0.3 is 20.1 Å². The minimum atomic E-state index is -0.547. The predicted molar refractivity (Wildman–Crippen MR) is 103 cm³/mol. The van der Waals surface area contributed by atoms with E-state index in [1.807, 2.05) is 32.9 Å². The molecule has 26 heavy (non-hydrogen) atoms. The van der Waals surface area contributed by atoms with Crippen molar-refractivity contribution in [2.75, 3.05) is 13.2 Å². The number of halogens is 1. The third-order valence-electron chi connectivity index (χ3n) is 4.12. The van der Waals surface area contributed by atoms with E-state index in [1.165, 1.54) is 0 Å². The number of ether oxygens (including phenoxy) is 2. The summed E-state index contributed by atoms with van der Waals surface area (Å²) in [6.07, 6.45) is 3.22. The van der Waals surface area contributed by atoms with Crippen molar-refractivity contribution in [2.45, 2.75) is 57.6 Å². The summed E-state index contributed by atoms with van der Waals surface area (Å²) in [5.74, 6) is 0.441. The Morgan fingerprint density at radius 2 is 1.77 bits per heavy atom. The van der Waals surface area contributed by atoms with Crippen molar-refractivity contribution >= 4 is 27.9 Å². The Labute approximate surface area is 163 Å². The van der Waals surface area contributed by atoms with E-state index in [1.54, 1.807) is 12.1 Å². The predicted octanol–water partition coefficient (Wildman–Crippen LogP) is 3.78. The van der Waals surface area contributed by atoms with Gasteiger partial charge in [-0.05, 0) is 57.9 Å². The number of benzene rings is 1. The van der Waals surface area contributed by atoms with Crippen LogP contribution in [0.4, 0.5) is 4.79 Å². The molecule has 1 aliphatic rings. The number of amides is 2. The molecule has 0 aliphatic heterocycles. The number of carbonyl (C=O) groups excluding carboxylic acids is 2. The third kappa shape index (κ3) is 6.86. The Bertz CT molecular complexity index is 619. The van der Waals surface area contributed by atoms with E-state index in [0.717, 1.165) is 30.2 Å². The lowest BCUT2D eigenvalue weighted by Crippen LogP contribution is -2.55. The summed E-state index contributed by atoms with van der Waals surface area (Å²) in [6, 6.07) is 7.31. The third-order valence-corrected chi connectivity index (χ3v) is 4.65. The average Bonchev–Trinajstić information content (AvgIpc) is 3.00. The summed E-state index contributed by atoms with van der Waals surface area (Å²) in [7, 11) is 0. The number of nitrogens with one attached hydrogen (secondary N) is 2. The summed E-state index contributed by atoms with van der Waals surface area (Å²) in [5, 5.41) is 5.83. The van der Waals surface area contributed by atoms with Gasteiger partial charge in [-0.3, -0.25) is 4.79 Å². The Morgan fingerprint density at radius 1 is 1.15 bits per heavy atom. The first-order valence-electron chi connectivity index (χ1n) is 8.84. The van der Waals surface area contributed by atoms with Crippen LogP contribution in [-0.2, 0) is 9.53 Å². The molecule has 144 valence electrons. The molecule has 0 bridgehead atoms. The fourth-order valence-electron chi connectivity index (χ4n) is 2.96. The van der Waals surface area contributed by atoms with Crippen LogP contribution < -0.4 is 15.4 Å². The molecule has 6 nitrogen and oxygen atoms in total. The molecule has 0 unspecified atom stereocenters. The first-order chi connectivity index (χ1) is 12.2. The maximum absolute atomic E-state index is 12.3. The zero-order chi connectivity index (χ0) is 19.2. The maximum Gasteiger partial charge on any atom is 0.407 e. The van der Waals surface area contributed by atoms with E-state index in [9.17, 15) is 9.59 Å². The molecule has 0 aromatic heterocycles. The van der Waals surface area contributed by atoms with Crippen molar-refractivity contribution in [1.29, 1.82) is 0 Å². The molecule has 1 aliphatic carbocycles. The standard InChI is InChI=1S/C19H27BrN2O4/c1-18(2,3)26-17(24)21-13-19(10-4-5-11-19)22-16(23)12-25-15-8-6-14(20)7-9-15/h6-9H,4-5,10-13H2,1-3H3,(H,21,24)(H,22,23). The molecular weight excluding hydrogens is 400 g/mol. The summed E-state index contributed by atoms with van der Waals surface area (Å²) in [4.78, 5) is 24.2. The Hall–Kier alpha value is -1.76. The van der Waals surface area contributed by atoms with Crippen LogP contribution in [0.25, 0.3) is 0 Å². The lowest BCUT2D eigenvalue weighted by atomic mass is 9.97. The van der Waals surface area contributed by atoms with Crippen LogP contribution in [0.5, 0.6) is 5.75 Å². The second-order valence-electron chi connectivity index (χ2n) is 7.63. The van der Waals surface area contributed by atoms with E-state index in [4.69, 9.17) is 9.47 Å². The quantitative estimate of drug-likeness (QED) is 0.725.